The number of alkyl halides is 11. The Morgan fingerprint density at radius 2 is 1.39 bits per heavy atom. The van der Waals surface area contributed by atoms with Gasteiger partial charge in [0.1, 0.15) is 0 Å². The minimum Gasteiger partial charge on any atom is -0.218 e. The van der Waals surface area contributed by atoms with Crippen LogP contribution in [0.1, 0.15) is 6.42 Å². The quantitative estimate of drug-likeness (QED) is 0.260. The summed E-state index contributed by atoms with van der Waals surface area (Å²) in [5.41, 5.74) is -8.01. The Morgan fingerprint density at radius 1 is 0.957 bits per heavy atom. The molecule has 1 unspecified atom stereocenters. The third-order valence-electron chi connectivity index (χ3n) is 2.77. The molecule has 1 aliphatic rings. The van der Waals surface area contributed by atoms with Crippen molar-refractivity contribution in [3.8, 4) is 0 Å². The molecule has 1 radical (unpaired) electrons. The summed E-state index contributed by atoms with van der Waals surface area (Å²) in [5.74, 6) is 0. The zero-order valence-electron chi connectivity index (χ0n) is 10.5. The highest BCUT2D eigenvalue weighted by molar-refractivity contribution is 9.12. The van der Waals surface area contributed by atoms with Gasteiger partial charge in [0.25, 0.3) is 0 Å². The van der Waals surface area contributed by atoms with Crippen LogP contribution in [0.25, 0.3) is 0 Å². The molecule has 0 nitrogen and oxygen atoms in total. The van der Waals surface area contributed by atoms with Crippen LogP contribution in [0.2, 0.25) is 0 Å². The molecule has 0 aromatic carbocycles. The van der Waals surface area contributed by atoms with Crippen LogP contribution in [0.15, 0.2) is 21.7 Å². The monoisotopic (exact) mass is 533 g/mol. The number of hydrogen-bond donors (Lipinski definition) is 0. The van der Waals surface area contributed by atoms with Crippen molar-refractivity contribution >= 4 is 66.7 Å². The van der Waals surface area contributed by atoms with Gasteiger partial charge in [-0.15, -0.1) is 0 Å². The summed E-state index contributed by atoms with van der Waals surface area (Å²) in [6.07, 6.45) is -11.7. The lowest BCUT2D eigenvalue weighted by atomic mass is 9.83. The van der Waals surface area contributed by atoms with Crippen LogP contribution >= 0.6 is 66.7 Å². The second-order valence-electron chi connectivity index (χ2n) is 4.46. The van der Waals surface area contributed by atoms with Gasteiger partial charge in [-0.1, -0.05) is 72.7 Å². The maximum absolute atomic E-state index is 14.3. The van der Waals surface area contributed by atoms with Crippen molar-refractivity contribution in [2.45, 2.75) is 33.1 Å². The van der Waals surface area contributed by atoms with E-state index >= 15 is 0 Å². The minimum absolute atomic E-state index is 0.237. The van der Waals surface area contributed by atoms with E-state index in [1.807, 2.05) is 0 Å². The summed E-state index contributed by atoms with van der Waals surface area (Å²) in [6, 6.07) is 0. The average molecular weight is 536 g/mol. The normalized spacial score (nSPS) is 21.6. The summed E-state index contributed by atoms with van der Waals surface area (Å²) >= 11 is 21.9. The third kappa shape index (κ3) is 4.71. The molecule has 0 amide bonds. The first-order chi connectivity index (χ1) is 10.0. The molecular weight excluding hydrogens is 531 g/mol. The van der Waals surface area contributed by atoms with E-state index in [4.69, 9.17) is 34.8 Å². The molecule has 133 valence electrons. The maximum atomic E-state index is 14.3. The smallest absolute Gasteiger partial charge is 0.218 e. The van der Waals surface area contributed by atoms with Gasteiger partial charge in [0.15, 0.2) is 3.79 Å². The van der Waals surface area contributed by atoms with Gasteiger partial charge in [0, 0.05) is 27.7 Å². The van der Waals surface area contributed by atoms with Crippen molar-refractivity contribution in [1.82, 2.24) is 0 Å². The van der Waals surface area contributed by atoms with Gasteiger partial charge < -0.3 is 0 Å². The number of allylic oxidation sites excluding steroid dienone is 4. The van der Waals surface area contributed by atoms with E-state index in [0.29, 0.717) is 6.08 Å². The van der Waals surface area contributed by atoms with E-state index in [9.17, 15) is 30.7 Å². The molecule has 1 rings (SSSR count). The average Bonchev–Trinajstić information content (AvgIpc) is 2.26. The van der Waals surface area contributed by atoms with E-state index in [-0.39, 0.29) is 4.48 Å². The molecule has 0 aliphatic heterocycles. The van der Waals surface area contributed by atoms with Crippen LogP contribution in [0.3, 0.4) is 0 Å². The van der Waals surface area contributed by atoms with Crippen molar-refractivity contribution in [2.24, 2.45) is 0 Å². The molecule has 0 fully saturated rings. The van der Waals surface area contributed by atoms with E-state index in [1.54, 1.807) is 0 Å². The highest BCUT2D eigenvalue weighted by Gasteiger charge is 2.75. The van der Waals surface area contributed by atoms with Gasteiger partial charge in [-0.3, -0.25) is 0 Å². The van der Waals surface area contributed by atoms with Gasteiger partial charge in [-0.25, -0.2) is 4.39 Å². The van der Waals surface area contributed by atoms with E-state index in [1.165, 1.54) is 6.42 Å². The molecule has 0 bridgehead atoms. The summed E-state index contributed by atoms with van der Waals surface area (Å²) in [5, 5.41) is 0. The lowest BCUT2D eigenvalue weighted by molar-refractivity contribution is -0.325. The first-order valence-corrected chi connectivity index (χ1v) is 8.34. The SMILES string of the molecule is FC(F)(F)C(F)(C1=CC(Br)[CH]C(Br)=C1CC(Cl)(Cl)Cl)C(F)(F)F. The Morgan fingerprint density at radius 3 is 1.74 bits per heavy atom. The van der Waals surface area contributed by atoms with E-state index < -0.39 is 44.2 Å². The fraction of sp³-hybridized carbons (Fsp3) is 0.545. The summed E-state index contributed by atoms with van der Waals surface area (Å²) < 4.78 is 89.5. The number of hydrogen-bond acceptors (Lipinski definition) is 0. The Bertz CT molecular complexity index is 517. The highest BCUT2D eigenvalue weighted by Crippen LogP contribution is 2.56. The highest BCUT2D eigenvalue weighted by atomic mass is 79.9. The topological polar surface area (TPSA) is 0 Å². The third-order valence-corrected chi connectivity index (χ3v) is 4.45. The second-order valence-corrected chi connectivity index (χ2v) is 8.89. The van der Waals surface area contributed by atoms with Crippen LogP contribution in [0, 0.1) is 6.42 Å². The molecule has 1 atom stereocenters. The van der Waals surface area contributed by atoms with Gasteiger partial charge in [0.2, 0.25) is 0 Å². The first kappa shape index (κ1) is 21.9. The van der Waals surface area contributed by atoms with Crippen LogP contribution in [0.4, 0.5) is 30.7 Å². The fourth-order valence-corrected chi connectivity index (χ4v) is 3.77. The standard InChI is InChI=1S/C11H5Br2Cl3F7/c12-4-1-6(5(7(13)2-4)3-8(14,15)16)9(17,10(18,19)20)11(21,22)23/h1-2,4H,3H2. The van der Waals surface area contributed by atoms with Crippen molar-refractivity contribution in [1.29, 1.82) is 0 Å². The lowest BCUT2D eigenvalue weighted by Crippen LogP contribution is -2.55. The van der Waals surface area contributed by atoms with Crippen LogP contribution in [-0.4, -0.2) is 26.6 Å². The molecule has 0 spiro atoms. The summed E-state index contributed by atoms with van der Waals surface area (Å²) in [7, 11) is 0. The molecule has 0 aromatic heterocycles. The molecular formula is C11H5Br2Cl3F7. The molecule has 0 N–H and O–H groups in total. The van der Waals surface area contributed by atoms with Crippen molar-refractivity contribution < 1.29 is 30.7 Å². The van der Waals surface area contributed by atoms with Gasteiger partial charge in [-0.05, 0) is 5.57 Å². The summed E-state index contributed by atoms with van der Waals surface area (Å²) in [4.78, 5) is -1.08. The fourth-order valence-electron chi connectivity index (χ4n) is 1.85. The second kappa shape index (κ2) is 6.85. The van der Waals surface area contributed by atoms with Crippen molar-refractivity contribution in [3.63, 3.8) is 0 Å². The van der Waals surface area contributed by atoms with Gasteiger partial charge >= 0.3 is 18.0 Å². The van der Waals surface area contributed by atoms with Crippen molar-refractivity contribution in [3.05, 3.63) is 28.1 Å². The Kier molecular flexibility index (Phi) is 6.51. The molecule has 0 saturated carbocycles. The Labute approximate surface area is 158 Å². The zero-order chi connectivity index (χ0) is 18.4. The van der Waals surface area contributed by atoms with Crippen LogP contribution in [0.5, 0.6) is 0 Å². The van der Waals surface area contributed by atoms with E-state index in [2.05, 4.69) is 31.9 Å². The van der Waals surface area contributed by atoms with Crippen LogP contribution in [-0.2, 0) is 0 Å². The molecule has 0 heterocycles. The summed E-state index contributed by atoms with van der Waals surface area (Å²) in [6.45, 7) is 0. The predicted octanol–water partition coefficient (Wildman–Crippen LogP) is 7.14. The first-order valence-electron chi connectivity index (χ1n) is 5.50. The van der Waals surface area contributed by atoms with Gasteiger partial charge in [-0.2, -0.15) is 26.3 Å². The number of rotatable bonds is 2. The predicted molar refractivity (Wildman–Crippen MR) is 81.9 cm³/mol. The largest absolute Gasteiger partial charge is 0.435 e. The van der Waals surface area contributed by atoms with E-state index in [0.717, 1.165) is 0 Å². The van der Waals surface area contributed by atoms with Gasteiger partial charge in [0.05, 0.1) is 0 Å². The maximum Gasteiger partial charge on any atom is 0.435 e. The number of halogens is 12. The molecule has 23 heavy (non-hydrogen) atoms. The molecule has 0 aromatic rings. The molecule has 12 heteroatoms. The van der Waals surface area contributed by atoms with Crippen molar-refractivity contribution in [2.75, 3.05) is 0 Å². The molecule has 0 saturated heterocycles. The Hall–Kier alpha value is 0.820. The molecule has 1 aliphatic carbocycles. The zero-order valence-corrected chi connectivity index (χ0v) is 15.9. The minimum atomic E-state index is -6.26. The lowest BCUT2D eigenvalue weighted by Gasteiger charge is -2.36. The van der Waals surface area contributed by atoms with Crippen LogP contribution < -0.4 is 0 Å². The Balaban J connectivity index is 3.60.